The molecule has 9 heteroatoms. The highest BCUT2D eigenvalue weighted by Crippen LogP contribution is 2.21. The first-order valence-corrected chi connectivity index (χ1v) is 10.8. The lowest BCUT2D eigenvalue weighted by Crippen LogP contribution is -2.19. The summed E-state index contributed by atoms with van der Waals surface area (Å²) in [4.78, 5) is 0. The number of rotatable bonds is 6. The van der Waals surface area contributed by atoms with Crippen molar-refractivity contribution in [1.29, 1.82) is 0 Å². The van der Waals surface area contributed by atoms with Crippen LogP contribution in [0.1, 0.15) is 22.5 Å². The van der Waals surface area contributed by atoms with Crippen LogP contribution in [0, 0.1) is 19.7 Å². The van der Waals surface area contributed by atoms with Crippen LogP contribution in [0.3, 0.4) is 0 Å². The summed E-state index contributed by atoms with van der Waals surface area (Å²) in [5.41, 5.74) is 5.41. The average Bonchev–Trinajstić information content (AvgIpc) is 3.28. The second-order valence-corrected chi connectivity index (χ2v) is 8.31. The second kappa shape index (κ2) is 9.50. The summed E-state index contributed by atoms with van der Waals surface area (Å²) in [6.45, 7) is 5.04. The third-order valence-electron chi connectivity index (χ3n) is 4.99. The number of anilines is 2. The zero-order valence-corrected chi connectivity index (χ0v) is 19.2. The van der Waals surface area contributed by atoms with Crippen LogP contribution in [-0.4, -0.2) is 24.7 Å². The Kier molecular flexibility index (Phi) is 6.53. The van der Waals surface area contributed by atoms with Gasteiger partial charge in [0, 0.05) is 11.2 Å². The lowest BCUT2D eigenvalue weighted by molar-refractivity contribution is 0.622. The molecule has 2 N–H and O–H groups in total. The molecule has 0 atom stereocenters. The summed E-state index contributed by atoms with van der Waals surface area (Å²) in [5.74, 6) is -0.253. The molecule has 0 saturated heterocycles. The third-order valence-corrected chi connectivity index (χ3v) is 5.43. The normalized spacial score (nSPS) is 10.9. The highest BCUT2D eigenvalue weighted by atomic mass is 35.5. The predicted molar refractivity (Wildman–Crippen MR) is 130 cm³/mol. The van der Waals surface area contributed by atoms with Gasteiger partial charge in [-0.3, -0.25) is 9.36 Å². The lowest BCUT2D eigenvalue weighted by Gasteiger charge is -2.10. The SMILES string of the molecule is Cc1nn(Cc2ccc(F)cc2)c(C)c1NC(=S)Nc1cnn(Cc2cccc(Cl)c2)c1. The van der Waals surface area contributed by atoms with Crippen LogP contribution in [0.15, 0.2) is 60.9 Å². The van der Waals surface area contributed by atoms with Crippen LogP contribution in [0.5, 0.6) is 0 Å². The van der Waals surface area contributed by atoms with Crippen molar-refractivity contribution in [3.05, 3.63) is 94.3 Å². The van der Waals surface area contributed by atoms with Crippen molar-refractivity contribution in [2.45, 2.75) is 26.9 Å². The topological polar surface area (TPSA) is 59.7 Å². The van der Waals surface area contributed by atoms with Gasteiger partial charge in [-0.05, 0) is 61.5 Å². The van der Waals surface area contributed by atoms with Crippen LogP contribution in [0.4, 0.5) is 15.8 Å². The van der Waals surface area contributed by atoms with Gasteiger partial charge in [-0.15, -0.1) is 0 Å². The minimum atomic E-state index is -0.253. The summed E-state index contributed by atoms with van der Waals surface area (Å²) in [6.07, 6.45) is 3.60. The molecule has 32 heavy (non-hydrogen) atoms. The van der Waals surface area contributed by atoms with Crippen molar-refractivity contribution in [3.8, 4) is 0 Å². The van der Waals surface area contributed by atoms with Gasteiger partial charge in [0.1, 0.15) is 5.82 Å². The maximum atomic E-state index is 13.2. The highest BCUT2D eigenvalue weighted by Gasteiger charge is 2.13. The van der Waals surface area contributed by atoms with Crippen molar-refractivity contribution >= 4 is 40.3 Å². The molecule has 2 heterocycles. The lowest BCUT2D eigenvalue weighted by atomic mass is 10.2. The van der Waals surface area contributed by atoms with E-state index in [0.29, 0.717) is 23.2 Å². The van der Waals surface area contributed by atoms with E-state index in [1.807, 2.05) is 53.7 Å². The van der Waals surface area contributed by atoms with E-state index in [4.69, 9.17) is 23.8 Å². The van der Waals surface area contributed by atoms with Crippen LogP contribution in [0.2, 0.25) is 5.02 Å². The van der Waals surface area contributed by atoms with Gasteiger partial charge >= 0.3 is 0 Å². The summed E-state index contributed by atoms with van der Waals surface area (Å²) in [6, 6.07) is 14.1. The van der Waals surface area contributed by atoms with Crippen molar-refractivity contribution in [1.82, 2.24) is 19.6 Å². The van der Waals surface area contributed by atoms with E-state index in [-0.39, 0.29) is 5.82 Å². The molecular weight excluding hydrogens is 447 g/mol. The number of hydrogen-bond acceptors (Lipinski definition) is 3. The van der Waals surface area contributed by atoms with E-state index in [1.54, 1.807) is 18.3 Å². The van der Waals surface area contributed by atoms with Crippen molar-refractivity contribution < 1.29 is 4.39 Å². The quantitative estimate of drug-likeness (QED) is 0.371. The fourth-order valence-corrected chi connectivity index (χ4v) is 3.84. The van der Waals surface area contributed by atoms with Crippen LogP contribution < -0.4 is 10.6 Å². The van der Waals surface area contributed by atoms with Gasteiger partial charge in [0.15, 0.2) is 5.11 Å². The van der Waals surface area contributed by atoms with Crippen molar-refractivity contribution in [2.75, 3.05) is 10.6 Å². The molecule has 0 spiro atoms. The Labute approximate surface area is 196 Å². The smallest absolute Gasteiger partial charge is 0.175 e. The Hall–Kier alpha value is -3.23. The molecule has 2 aromatic carbocycles. The van der Waals surface area contributed by atoms with Gasteiger partial charge in [0.05, 0.1) is 42.0 Å². The number of aromatic nitrogens is 4. The monoisotopic (exact) mass is 468 g/mol. The zero-order chi connectivity index (χ0) is 22.7. The molecule has 4 rings (SSSR count). The average molecular weight is 469 g/mol. The molecule has 0 bridgehead atoms. The minimum absolute atomic E-state index is 0.253. The molecule has 0 amide bonds. The van der Waals surface area contributed by atoms with E-state index in [0.717, 1.165) is 33.9 Å². The maximum absolute atomic E-state index is 13.2. The fourth-order valence-electron chi connectivity index (χ4n) is 3.41. The Morgan fingerprint density at radius 1 is 1.06 bits per heavy atom. The van der Waals surface area contributed by atoms with Gasteiger partial charge in [-0.2, -0.15) is 10.2 Å². The molecule has 0 fully saturated rings. The molecule has 2 aromatic heterocycles. The van der Waals surface area contributed by atoms with Crippen molar-refractivity contribution in [3.63, 3.8) is 0 Å². The molecule has 0 saturated carbocycles. The number of hydrogen-bond donors (Lipinski definition) is 2. The second-order valence-electron chi connectivity index (χ2n) is 7.47. The zero-order valence-electron chi connectivity index (χ0n) is 17.6. The highest BCUT2D eigenvalue weighted by molar-refractivity contribution is 7.80. The molecule has 0 aliphatic heterocycles. The number of benzene rings is 2. The maximum Gasteiger partial charge on any atom is 0.175 e. The van der Waals surface area contributed by atoms with Gasteiger partial charge in [-0.1, -0.05) is 35.9 Å². The molecule has 0 aliphatic carbocycles. The first kappa shape index (κ1) is 22.0. The number of nitrogens with one attached hydrogen (secondary N) is 2. The largest absolute Gasteiger partial charge is 0.330 e. The summed E-state index contributed by atoms with van der Waals surface area (Å²) in [7, 11) is 0. The predicted octanol–water partition coefficient (Wildman–Crippen LogP) is 5.39. The Morgan fingerprint density at radius 3 is 2.59 bits per heavy atom. The van der Waals surface area contributed by atoms with Gasteiger partial charge < -0.3 is 10.6 Å². The number of thiocarbonyl (C=S) groups is 1. The van der Waals surface area contributed by atoms with Crippen LogP contribution >= 0.6 is 23.8 Å². The standard InChI is InChI=1S/C23H22ClFN6S/c1-15-22(16(2)31(29-15)13-17-6-8-20(25)9-7-17)28-23(32)27-21-11-26-30(14-21)12-18-4-3-5-19(24)10-18/h3-11,14H,12-13H2,1-2H3,(H2,27,28,32). The molecule has 164 valence electrons. The molecule has 6 nitrogen and oxygen atoms in total. The first-order valence-electron chi connectivity index (χ1n) is 10.0. The van der Waals surface area contributed by atoms with E-state index in [1.165, 1.54) is 12.1 Å². The Bertz CT molecular complexity index is 1250. The Morgan fingerprint density at radius 2 is 1.84 bits per heavy atom. The summed E-state index contributed by atoms with van der Waals surface area (Å²) in [5, 5.41) is 16.5. The minimum Gasteiger partial charge on any atom is -0.330 e. The first-order chi connectivity index (χ1) is 15.4. The van der Waals surface area contributed by atoms with Gasteiger partial charge in [0.25, 0.3) is 0 Å². The van der Waals surface area contributed by atoms with Gasteiger partial charge in [-0.25, -0.2) is 4.39 Å². The van der Waals surface area contributed by atoms with Crippen LogP contribution in [0.25, 0.3) is 0 Å². The number of halogens is 2. The van der Waals surface area contributed by atoms with E-state index in [9.17, 15) is 4.39 Å². The van der Waals surface area contributed by atoms with E-state index >= 15 is 0 Å². The van der Waals surface area contributed by atoms with E-state index in [2.05, 4.69) is 20.8 Å². The molecule has 4 aromatic rings. The van der Waals surface area contributed by atoms with E-state index < -0.39 is 0 Å². The third kappa shape index (κ3) is 5.33. The molecule has 0 unspecified atom stereocenters. The molecule has 0 aliphatic rings. The van der Waals surface area contributed by atoms with Crippen LogP contribution in [-0.2, 0) is 13.1 Å². The van der Waals surface area contributed by atoms with Gasteiger partial charge in [0.2, 0.25) is 0 Å². The summed E-state index contributed by atoms with van der Waals surface area (Å²) < 4.78 is 16.8. The summed E-state index contributed by atoms with van der Waals surface area (Å²) >= 11 is 11.5. The molecule has 0 radical (unpaired) electrons. The van der Waals surface area contributed by atoms with Crippen molar-refractivity contribution in [2.24, 2.45) is 0 Å². The fraction of sp³-hybridized carbons (Fsp3) is 0.174. The number of aryl methyl sites for hydroxylation is 1. The Balaban J connectivity index is 1.39. The molecular formula is C23H22ClFN6S. The number of nitrogens with zero attached hydrogens (tertiary/aromatic N) is 4.